The first kappa shape index (κ1) is 20.5. The van der Waals surface area contributed by atoms with Crippen LogP contribution in [0.5, 0.6) is 5.75 Å². The lowest BCUT2D eigenvalue weighted by molar-refractivity contribution is -0.130. The minimum absolute atomic E-state index is 0.0426. The first-order valence-corrected chi connectivity index (χ1v) is 10.0. The van der Waals surface area contributed by atoms with Crippen LogP contribution in [0.3, 0.4) is 0 Å². The summed E-state index contributed by atoms with van der Waals surface area (Å²) in [4.78, 5) is 32.8. The molecule has 3 rings (SSSR count). The van der Waals surface area contributed by atoms with Gasteiger partial charge in [0, 0.05) is 46.8 Å². The third kappa shape index (κ3) is 4.58. The van der Waals surface area contributed by atoms with Gasteiger partial charge in [-0.25, -0.2) is 0 Å². The van der Waals surface area contributed by atoms with E-state index in [2.05, 4.69) is 9.80 Å². The first-order chi connectivity index (χ1) is 13.4. The molecule has 2 aliphatic rings. The summed E-state index contributed by atoms with van der Waals surface area (Å²) in [5.41, 5.74) is 1.48. The van der Waals surface area contributed by atoms with E-state index in [0.717, 1.165) is 37.6 Å². The maximum Gasteiger partial charge on any atom is 0.253 e. The normalized spacial score (nSPS) is 19.1. The Morgan fingerprint density at radius 3 is 2.57 bits per heavy atom. The highest BCUT2D eigenvalue weighted by Gasteiger charge is 2.29. The van der Waals surface area contributed by atoms with Crippen LogP contribution in [0.2, 0.25) is 0 Å². The van der Waals surface area contributed by atoms with Crippen molar-refractivity contribution in [1.82, 2.24) is 14.7 Å². The molecular weight excluding hydrogens is 356 g/mol. The van der Waals surface area contributed by atoms with Crippen LogP contribution in [0.15, 0.2) is 18.2 Å². The molecule has 0 N–H and O–H groups in total. The molecule has 2 aliphatic heterocycles. The average molecular weight is 389 g/mol. The molecule has 0 aliphatic carbocycles. The standard InChI is InChI=1S/C21H32N4O3/c1-22(2)21(27)16-7-8-19-18(13-16)24(4)17(15-28-19)14-20(26)23(3)11-12-25-9-5-6-10-25/h7-8,13,17H,5-6,9-12,14-15H2,1-4H3. The number of fused-ring (bicyclic) bond motifs is 1. The van der Waals surface area contributed by atoms with E-state index in [1.54, 1.807) is 25.1 Å². The Morgan fingerprint density at radius 2 is 1.89 bits per heavy atom. The zero-order valence-electron chi connectivity index (χ0n) is 17.5. The minimum Gasteiger partial charge on any atom is -0.489 e. The predicted octanol–water partition coefficient (Wildman–Crippen LogP) is 1.53. The Kier molecular flexibility index (Phi) is 6.44. The van der Waals surface area contributed by atoms with Crippen molar-refractivity contribution in [2.24, 2.45) is 0 Å². The number of amides is 2. The van der Waals surface area contributed by atoms with Crippen molar-refractivity contribution in [1.29, 1.82) is 0 Å². The zero-order chi connectivity index (χ0) is 20.3. The van der Waals surface area contributed by atoms with Crippen LogP contribution in [0, 0.1) is 0 Å². The Bertz CT molecular complexity index is 716. The zero-order valence-corrected chi connectivity index (χ0v) is 17.5. The Morgan fingerprint density at radius 1 is 1.18 bits per heavy atom. The van der Waals surface area contributed by atoms with Crippen LogP contribution in [-0.2, 0) is 4.79 Å². The van der Waals surface area contributed by atoms with Gasteiger partial charge in [-0.05, 0) is 44.1 Å². The van der Waals surface area contributed by atoms with Gasteiger partial charge in [-0.3, -0.25) is 9.59 Å². The molecule has 2 amide bonds. The summed E-state index contributed by atoms with van der Waals surface area (Å²) >= 11 is 0. The summed E-state index contributed by atoms with van der Waals surface area (Å²) in [5.74, 6) is 0.837. The number of carbonyl (C=O) groups is 2. The second kappa shape index (κ2) is 8.82. The lowest BCUT2D eigenvalue weighted by Crippen LogP contribution is -2.45. The maximum atomic E-state index is 12.7. The molecule has 1 fully saturated rings. The van der Waals surface area contributed by atoms with Crippen molar-refractivity contribution in [2.75, 3.05) is 65.9 Å². The Labute approximate surface area is 167 Å². The van der Waals surface area contributed by atoms with Gasteiger partial charge in [-0.1, -0.05) is 0 Å². The number of hydrogen-bond donors (Lipinski definition) is 0. The van der Waals surface area contributed by atoms with Crippen LogP contribution in [0.1, 0.15) is 29.6 Å². The fraction of sp³-hybridized carbons (Fsp3) is 0.619. The minimum atomic E-state index is -0.0453. The van der Waals surface area contributed by atoms with Crippen molar-refractivity contribution in [2.45, 2.75) is 25.3 Å². The Balaban J connectivity index is 1.61. The summed E-state index contributed by atoms with van der Waals surface area (Å²) in [5, 5.41) is 0. The highest BCUT2D eigenvalue weighted by Crippen LogP contribution is 2.34. The molecule has 28 heavy (non-hydrogen) atoms. The van der Waals surface area contributed by atoms with Gasteiger partial charge < -0.3 is 24.3 Å². The number of hydrogen-bond acceptors (Lipinski definition) is 5. The first-order valence-electron chi connectivity index (χ1n) is 10.0. The highest BCUT2D eigenvalue weighted by atomic mass is 16.5. The van der Waals surface area contributed by atoms with Gasteiger partial charge in [0.05, 0.1) is 18.2 Å². The van der Waals surface area contributed by atoms with E-state index >= 15 is 0 Å². The van der Waals surface area contributed by atoms with Gasteiger partial charge in [0.15, 0.2) is 0 Å². The molecule has 0 aromatic heterocycles. The summed E-state index contributed by atoms with van der Waals surface area (Å²) in [6.07, 6.45) is 2.93. The molecule has 1 unspecified atom stereocenters. The van der Waals surface area contributed by atoms with Crippen molar-refractivity contribution in [3.63, 3.8) is 0 Å². The molecule has 0 spiro atoms. The van der Waals surface area contributed by atoms with Gasteiger partial charge in [-0.15, -0.1) is 0 Å². The summed E-state index contributed by atoms with van der Waals surface area (Å²) in [6.45, 7) is 4.46. The van der Waals surface area contributed by atoms with Gasteiger partial charge in [-0.2, -0.15) is 0 Å². The summed E-state index contributed by atoms with van der Waals surface area (Å²) in [6, 6.07) is 5.43. The van der Waals surface area contributed by atoms with Crippen molar-refractivity contribution in [3.05, 3.63) is 23.8 Å². The third-order valence-corrected chi connectivity index (χ3v) is 5.76. The SMILES string of the molecule is CN(C)C(=O)c1ccc2c(c1)N(C)C(CC(=O)N(C)CCN1CCCC1)CO2. The molecule has 7 heteroatoms. The summed E-state index contributed by atoms with van der Waals surface area (Å²) in [7, 11) is 7.32. The van der Waals surface area contributed by atoms with Crippen LogP contribution >= 0.6 is 0 Å². The topological polar surface area (TPSA) is 56.3 Å². The quantitative estimate of drug-likeness (QED) is 0.740. The van der Waals surface area contributed by atoms with E-state index in [9.17, 15) is 9.59 Å². The van der Waals surface area contributed by atoms with Gasteiger partial charge >= 0.3 is 0 Å². The molecule has 1 aromatic rings. The number of likely N-dealkylation sites (N-methyl/N-ethyl adjacent to an activating group) is 2. The number of nitrogens with zero attached hydrogens (tertiary/aromatic N) is 4. The molecule has 0 bridgehead atoms. The number of rotatable bonds is 6. The number of benzene rings is 1. The molecule has 7 nitrogen and oxygen atoms in total. The molecular formula is C21H32N4O3. The average Bonchev–Trinajstić information content (AvgIpc) is 3.21. The van der Waals surface area contributed by atoms with Crippen LogP contribution in [0.25, 0.3) is 0 Å². The van der Waals surface area contributed by atoms with Gasteiger partial charge in [0.25, 0.3) is 5.91 Å². The number of likely N-dealkylation sites (tertiary alicyclic amines) is 1. The van der Waals surface area contributed by atoms with Gasteiger partial charge in [0.2, 0.25) is 5.91 Å². The number of anilines is 1. The second-order valence-corrected chi connectivity index (χ2v) is 8.03. The molecule has 154 valence electrons. The lowest BCUT2D eigenvalue weighted by Gasteiger charge is -2.36. The highest BCUT2D eigenvalue weighted by molar-refractivity contribution is 5.95. The fourth-order valence-electron chi connectivity index (χ4n) is 3.78. The van der Waals surface area contributed by atoms with Crippen LogP contribution in [0.4, 0.5) is 5.69 Å². The predicted molar refractivity (Wildman–Crippen MR) is 110 cm³/mol. The van der Waals surface area contributed by atoms with Crippen molar-refractivity contribution in [3.8, 4) is 5.75 Å². The van der Waals surface area contributed by atoms with Crippen LogP contribution < -0.4 is 9.64 Å². The molecule has 2 heterocycles. The molecule has 1 aromatic carbocycles. The molecule has 0 saturated carbocycles. The third-order valence-electron chi connectivity index (χ3n) is 5.76. The summed E-state index contributed by atoms with van der Waals surface area (Å²) < 4.78 is 5.88. The number of carbonyl (C=O) groups excluding carboxylic acids is 2. The lowest BCUT2D eigenvalue weighted by atomic mass is 10.1. The smallest absolute Gasteiger partial charge is 0.253 e. The van der Waals surface area contributed by atoms with Crippen molar-refractivity contribution >= 4 is 17.5 Å². The molecule has 1 saturated heterocycles. The van der Waals surface area contributed by atoms with Crippen LogP contribution in [-0.4, -0.2) is 93.5 Å². The van der Waals surface area contributed by atoms with E-state index in [4.69, 9.17) is 4.74 Å². The Hall–Kier alpha value is -2.28. The monoisotopic (exact) mass is 388 g/mol. The van der Waals surface area contributed by atoms with E-state index < -0.39 is 0 Å². The van der Waals surface area contributed by atoms with E-state index in [0.29, 0.717) is 18.6 Å². The van der Waals surface area contributed by atoms with Gasteiger partial charge in [0.1, 0.15) is 12.4 Å². The molecule has 1 atom stereocenters. The van der Waals surface area contributed by atoms with E-state index in [-0.39, 0.29) is 17.9 Å². The molecule has 0 radical (unpaired) electrons. The van der Waals surface area contributed by atoms with E-state index in [1.807, 2.05) is 31.1 Å². The second-order valence-electron chi connectivity index (χ2n) is 8.03. The fourth-order valence-corrected chi connectivity index (χ4v) is 3.78. The largest absolute Gasteiger partial charge is 0.489 e. The van der Waals surface area contributed by atoms with E-state index in [1.165, 1.54) is 12.8 Å². The maximum absolute atomic E-state index is 12.7. The van der Waals surface area contributed by atoms with Crippen molar-refractivity contribution < 1.29 is 14.3 Å². The number of ether oxygens (including phenoxy) is 1.